The first-order valence-corrected chi connectivity index (χ1v) is 6.87. The fourth-order valence-electron chi connectivity index (χ4n) is 1.95. The summed E-state index contributed by atoms with van der Waals surface area (Å²) >= 11 is 0. The van der Waals surface area contributed by atoms with E-state index in [0.717, 1.165) is 12.0 Å². The maximum Gasteiger partial charge on any atom is 0.237 e. The van der Waals surface area contributed by atoms with Gasteiger partial charge in [0.2, 0.25) is 5.91 Å². The monoisotopic (exact) mass is 280 g/mol. The van der Waals surface area contributed by atoms with E-state index in [-0.39, 0.29) is 18.6 Å². The number of aliphatic hydroxyl groups excluding tert-OH is 1. The summed E-state index contributed by atoms with van der Waals surface area (Å²) in [7, 11) is 1.62. The van der Waals surface area contributed by atoms with E-state index in [9.17, 15) is 9.90 Å². The predicted molar refractivity (Wildman–Crippen MR) is 78.2 cm³/mol. The number of methoxy groups -OCH3 is 1. The molecule has 1 unspecified atom stereocenters. The largest absolute Gasteiger partial charge is 0.394 e. The van der Waals surface area contributed by atoms with Crippen LogP contribution in [0.4, 0.5) is 0 Å². The van der Waals surface area contributed by atoms with Crippen molar-refractivity contribution in [3.63, 3.8) is 0 Å². The van der Waals surface area contributed by atoms with Gasteiger partial charge in [0.05, 0.1) is 18.7 Å². The third kappa shape index (κ3) is 6.14. The molecule has 0 saturated heterocycles. The molecule has 0 aliphatic carbocycles. The Hall–Kier alpha value is -1.43. The maximum absolute atomic E-state index is 11.9. The highest BCUT2D eigenvalue weighted by molar-refractivity contribution is 5.81. The predicted octanol–water partition coefficient (Wildman–Crippen LogP) is 0.460. The second-order valence-corrected chi connectivity index (χ2v) is 4.82. The topological polar surface area (TPSA) is 84.6 Å². The van der Waals surface area contributed by atoms with Crippen LogP contribution in [0.15, 0.2) is 30.3 Å². The smallest absolute Gasteiger partial charge is 0.237 e. The lowest BCUT2D eigenvalue weighted by molar-refractivity contribution is -0.123. The number of hydrogen-bond donors (Lipinski definition) is 3. The number of carbonyl (C=O) groups excluding carboxylic acids is 1. The van der Waals surface area contributed by atoms with Gasteiger partial charge in [0.25, 0.3) is 0 Å². The van der Waals surface area contributed by atoms with Crippen LogP contribution in [0.3, 0.4) is 0 Å². The van der Waals surface area contributed by atoms with Gasteiger partial charge in [-0.15, -0.1) is 0 Å². The third-order valence-electron chi connectivity index (χ3n) is 3.09. The Morgan fingerprint density at radius 3 is 2.70 bits per heavy atom. The minimum Gasteiger partial charge on any atom is -0.394 e. The number of ether oxygens (including phenoxy) is 1. The van der Waals surface area contributed by atoms with Crippen LogP contribution in [0, 0.1) is 0 Å². The van der Waals surface area contributed by atoms with Crippen LogP contribution >= 0.6 is 0 Å². The van der Waals surface area contributed by atoms with Gasteiger partial charge in [-0.2, -0.15) is 0 Å². The quantitative estimate of drug-likeness (QED) is 0.574. The maximum atomic E-state index is 11.9. The minimum absolute atomic E-state index is 0.106. The van der Waals surface area contributed by atoms with E-state index >= 15 is 0 Å². The van der Waals surface area contributed by atoms with Crippen LogP contribution in [0.2, 0.25) is 0 Å². The average molecular weight is 280 g/mol. The first kappa shape index (κ1) is 16.6. The van der Waals surface area contributed by atoms with Crippen LogP contribution in [0.25, 0.3) is 0 Å². The Labute approximate surface area is 120 Å². The van der Waals surface area contributed by atoms with Gasteiger partial charge in [0.15, 0.2) is 0 Å². The van der Waals surface area contributed by atoms with Crippen molar-refractivity contribution >= 4 is 5.91 Å². The number of hydrogen-bond acceptors (Lipinski definition) is 4. The second kappa shape index (κ2) is 9.47. The van der Waals surface area contributed by atoms with E-state index in [1.165, 1.54) is 0 Å². The Balaban J connectivity index is 2.41. The van der Waals surface area contributed by atoms with Crippen LogP contribution in [0.5, 0.6) is 0 Å². The zero-order chi connectivity index (χ0) is 14.8. The van der Waals surface area contributed by atoms with Crippen molar-refractivity contribution in [2.24, 2.45) is 5.73 Å². The fraction of sp³-hybridized carbons (Fsp3) is 0.533. The highest BCUT2D eigenvalue weighted by atomic mass is 16.5. The summed E-state index contributed by atoms with van der Waals surface area (Å²) in [6, 6.07) is 8.86. The van der Waals surface area contributed by atoms with Crippen molar-refractivity contribution in [1.29, 1.82) is 0 Å². The molecule has 5 heteroatoms. The van der Waals surface area contributed by atoms with Gasteiger partial charge < -0.3 is 20.9 Å². The molecule has 2 atom stereocenters. The standard InChI is InChI=1S/C15H24N2O3/c1-20-9-5-8-14(16)15(19)17-13(11-18)10-12-6-3-2-4-7-12/h2-4,6-7,13-14,18H,5,8-11,16H2,1H3,(H,17,19)/t13-,14?/m0/s1. The molecule has 0 radical (unpaired) electrons. The van der Waals surface area contributed by atoms with Crippen LogP contribution in [-0.2, 0) is 16.0 Å². The molecule has 5 nitrogen and oxygen atoms in total. The van der Waals surface area contributed by atoms with Crippen LogP contribution in [-0.4, -0.2) is 43.4 Å². The molecular formula is C15H24N2O3. The van der Waals surface area contributed by atoms with E-state index in [2.05, 4.69) is 5.32 Å². The van der Waals surface area contributed by atoms with E-state index in [4.69, 9.17) is 10.5 Å². The van der Waals surface area contributed by atoms with Crippen molar-refractivity contribution in [1.82, 2.24) is 5.32 Å². The van der Waals surface area contributed by atoms with Crippen molar-refractivity contribution in [3.05, 3.63) is 35.9 Å². The summed E-state index contributed by atoms with van der Waals surface area (Å²) in [5.41, 5.74) is 6.87. The molecule has 0 fully saturated rings. The first-order valence-electron chi connectivity index (χ1n) is 6.87. The number of nitrogens with one attached hydrogen (secondary N) is 1. The lowest BCUT2D eigenvalue weighted by Gasteiger charge is -2.19. The number of amides is 1. The molecular weight excluding hydrogens is 256 g/mol. The number of rotatable bonds is 9. The minimum atomic E-state index is -0.560. The summed E-state index contributed by atoms with van der Waals surface area (Å²) in [6.07, 6.45) is 1.91. The van der Waals surface area contributed by atoms with Gasteiger partial charge in [-0.25, -0.2) is 0 Å². The molecule has 0 aromatic heterocycles. The van der Waals surface area contributed by atoms with E-state index in [0.29, 0.717) is 19.4 Å². The molecule has 0 heterocycles. The van der Waals surface area contributed by atoms with Gasteiger partial charge in [-0.3, -0.25) is 4.79 Å². The molecule has 0 aliphatic heterocycles. The fourth-order valence-corrected chi connectivity index (χ4v) is 1.95. The lowest BCUT2D eigenvalue weighted by Crippen LogP contribution is -2.47. The van der Waals surface area contributed by atoms with Gasteiger partial charge in [0, 0.05) is 13.7 Å². The zero-order valence-corrected chi connectivity index (χ0v) is 11.9. The zero-order valence-electron chi connectivity index (χ0n) is 11.9. The van der Waals surface area contributed by atoms with E-state index in [1.807, 2.05) is 30.3 Å². The molecule has 0 spiro atoms. The molecule has 0 saturated carbocycles. The summed E-state index contributed by atoms with van der Waals surface area (Å²) < 4.78 is 4.93. The molecule has 0 bridgehead atoms. The summed E-state index contributed by atoms with van der Waals surface area (Å²) in [4.78, 5) is 11.9. The summed E-state index contributed by atoms with van der Waals surface area (Å²) in [5, 5.41) is 12.1. The Kier molecular flexibility index (Phi) is 7.87. The molecule has 4 N–H and O–H groups in total. The van der Waals surface area contributed by atoms with Crippen LogP contribution in [0.1, 0.15) is 18.4 Å². The highest BCUT2D eigenvalue weighted by Crippen LogP contribution is 2.04. The van der Waals surface area contributed by atoms with Crippen molar-refractivity contribution < 1.29 is 14.6 Å². The summed E-state index contributed by atoms with van der Waals surface area (Å²) in [6.45, 7) is 0.486. The van der Waals surface area contributed by atoms with Crippen molar-refractivity contribution in [3.8, 4) is 0 Å². The molecule has 112 valence electrons. The molecule has 1 rings (SSSR count). The van der Waals surface area contributed by atoms with Gasteiger partial charge in [-0.1, -0.05) is 30.3 Å². The number of nitrogens with two attached hydrogens (primary N) is 1. The Morgan fingerprint density at radius 1 is 1.40 bits per heavy atom. The van der Waals surface area contributed by atoms with Gasteiger partial charge in [-0.05, 0) is 24.8 Å². The summed E-state index contributed by atoms with van der Waals surface area (Å²) in [5.74, 6) is -0.226. The van der Waals surface area contributed by atoms with Crippen LogP contribution < -0.4 is 11.1 Å². The highest BCUT2D eigenvalue weighted by Gasteiger charge is 2.17. The lowest BCUT2D eigenvalue weighted by atomic mass is 10.1. The molecule has 20 heavy (non-hydrogen) atoms. The van der Waals surface area contributed by atoms with Crippen molar-refractivity contribution in [2.75, 3.05) is 20.3 Å². The van der Waals surface area contributed by atoms with E-state index in [1.54, 1.807) is 7.11 Å². The van der Waals surface area contributed by atoms with Crippen molar-refractivity contribution in [2.45, 2.75) is 31.3 Å². The molecule has 1 aromatic carbocycles. The normalized spacial score (nSPS) is 13.8. The Morgan fingerprint density at radius 2 is 2.10 bits per heavy atom. The van der Waals surface area contributed by atoms with Gasteiger partial charge >= 0.3 is 0 Å². The third-order valence-corrected chi connectivity index (χ3v) is 3.09. The van der Waals surface area contributed by atoms with Gasteiger partial charge in [0.1, 0.15) is 0 Å². The van der Waals surface area contributed by atoms with E-state index < -0.39 is 6.04 Å². The molecule has 1 aromatic rings. The number of benzene rings is 1. The average Bonchev–Trinajstić information content (AvgIpc) is 2.47. The number of aliphatic hydroxyl groups is 1. The number of carbonyl (C=O) groups is 1. The molecule has 1 amide bonds. The second-order valence-electron chi connectivity index (χ2n) is 4.82. The molecule has 0 aliphatic rings. The SMILES string of the molecule is COCCCC(N)C(=O)N[C@H](CO)Cc1ccccc1. The first-order chi connectivity index (χ1) is 9.67. The Bertz CT molecular complexity index is 384.